The van der Waals surface area contributed by atoms with Crippen molar-refractivity contribution >= 4 is 18.8 Å². The molecule has 70 valence electrons. The van der Waals surface area contributed by atoms with Crippen molar-refractivity contribution < 1.29 is 4.74 Å². The van der Waals surface area contributed by atoms with Crippen LogP contribution in [0, 0.1) is 0 Å². The fourth-order valence-electron chi connectivity index (χ4n) is 0.852. The zero-order valence-corrected chi connectivity index (χ0v) is 8.90. The minimum atomic E-state index is 0.889. The average molecular weight is 187 g/mol. The maximum atomic E-state index is 5.10. The van der Waals surface area contributed by atoms with Gasteiger partial charge >= 0.3 is 0 Å². The van der Waals surface area contributed by atoms with E-state index in [1.54, 1.807) is 13.3 Å². The van der Waals surface area contributed by atoms with Gasteiger partial charge in [-0.1, -0.05) is 0 Å². The van der Waals surface area contributed by atoms with Crippen molar-refractivity contribution in [1.29, 1.82) is 0 Å². The van der Waals surface area contributed by atoms with Crippen LogP contribution in [0.25, 0.3) is 0 Å². The lowest BCUT2D eigenvalue weighted by atomic mass is 10.2. The second kappa shape index (κ2) is 7.22. The van der Waals surface area contributed by atoms with Crippen LogP contribution >= 0.6 is 12.6 Å². The molecule has 0 radical (unpaired) electrons. The first-order valence-electron chi connectivity index (χ1n) is 4.09. The molecule has 3 heteroatoms. The fourth-order valence-corrected chi connectivity index (χ4v) is 1.01. The number of aliphatic imine (C=N–C) groups is 1. The number of rotatable bonds is 5. The van der Waals surface area contributed by atoms with E-state index < -0.39 is 0 Å². The molecule has 0 N–H and O–H groups in total. The van der Waals surface area contributed by atoms with E-state index in [4.69, 9.17) is 4.74 Å². The molecular formula is C9H17NOS. The predicted octanol–water partition coefficient (Wildman–Crippen LogP) is 2.67. The highest BCUT2D eigenvalue weighted by molar-refractivity contribution is 7.80. The molecule has 0 aromatic heterocycles. The summed E-state index contributed by atoms with van der Waals surface area (Å²) in [5.41, 5.74) is 1.02. The summed E-state index contributed by atoms with van der Waals surface area (Å²) in [7, 11) is 1.67. The number of methoxy groups -OCH3 is 1. The van der Waals surface area contributed by atoms with Crippen LogP contribution in [0.2, 0.25) is 0 Å². The number of hydrogen-bond acceptors (Lipinski definition) is 3. The van der Waals surface area contributed by atoms with Gasteiger partial charge in [-0.05, 0) is 32.4 Å². The number of thiol groups is 1. The van der Waals surface area contributed by atoms with E-state index in [1.165, 1.54) is 0 Å². The number of allylic oxidation sites excluding steroid dienone is 2. The SMILES string of the molecule is CC=N/C(CCCS)=C(/C)OC. The summed E-state index contributed by atoms with van der Waals surface area (Å²) < 4.78 is 5.10. The standard InChI is InChI=1S/C9H17NOS/c1-4-10-9(6-5-7-12)8(2)11-3/h4,12H,5-7H2,1-3H3/b9-8-,10-4?. The average Bonchev–Trinajstić information content (AvgIpc) is 2.11. The van der Waals surface area contributed by atoms with Gasteiger partial charge in [0.15, 0.2) is 0 Å². The Hall–Kier alpha value is -0.440. The lowest BCUT2D eigenvalue weighted by molar-refractivity contribution is 0.287. The van der Waals surface area contributed by atoms with Crippen LogP contribution in [0.5, 0.6) is 0 Å². The second-order valence-electron chi connectivity index (χ2n) is 2.42. The molecule has 0 aliphatic rings. The van der Waals surface area contributed by atoms with Gasteiger partial charge in [0.25, 0.3) is 0 Å². The summed E-state index contributed by atoms with van der Waals surface area (Å²) in [5, 5.41) is 0. The molecule has 0 aliphatic heterocycles. The van der Waals surface area contributed by atoms with Crippen molar-refractivity contribution in [2.75, 3.05) is 12.9 Å². The lowest BCUT2D eigenvalue weighted by Crippen LogP contribution is -1.90. The molecule has 0 bridgehead atoms. The zero-order chi connectivity index (χ0) is 9.40. The quantitative estimate of drug-likeness (QED) is 0.399. The summed E-state index contributed by atoms with van der Waals surface area (Å²) in [5.74, 6) is 1.79. The summed E-state index contributed by atoms with van der Waals surface area (Å²) >= 11 is 4.15. The molecule has 0 aromatic rings. The first kappa shape index (κ1) is 11.6. The zero-order valence-electron chi connectivity index (χ0n) is 8.00. The molecule has 0 amide bonds. The molecular weight excluding hydrogens is 170 g/mol. The van der Waals surface area contributed by atoms with Crippen LogP contribution < -0.4 is 0 Å². The van der Waals surface area contributed by atoms with Gasteiger partial charge < -0.3 is 4.74 Å². The third-order valence-corrected chi connectivity index (χ3v) is 1.89. The van der Waals surface area contributed by atoms with Gasteiger partial charge in [0, 0.05) is 6.21 Å². The summed E-state index contributed by atoms with van der Waals surface area (Å²) in [6.07, 6.45) is 3.76. The number of hydrogen-bond donors (Lipinski definition) is 1. The summed E-state index contributed by atoms with van der Waals surface area (Å²) in [4.78, 5) is 4.23. The predicted molar refractivity (Wildman–Crippen MR) is 57.0 cm³/mol. The van der Waals surface area contributed by atoms with Crippen molar-refractivity contribution in [3.8, 4) is 0 Å². The van der Waals surface area contributed by atoms with Crippen LogP contribution in [0.15, 0.2) is 16.4 Å². The van der Waals surface area contributed by atoms with Gasteiger partial charge in [0.05, 0.1) is 12.8 Å². The molecule has 0 saturated carbocycles. The fraction of sp³-hybridized carbons (Fsp3) is 0.667. The van der Waals surface area contributed by atoms with Gasteiger partial charge in [-0.2, -0.15) is 12.6 Å². The highest BCUT2D eigenvalue weighted by atomic mass is 32.1. The Bertz CT molecular complexity index is 175. The molecule has 0 fully saturated rings. The van der Waals surface area contributed by atoms with Crippen LogP contribution in [-0.2, 0) is 4.74 Å². The van der Waals surface area contributed by atoms with Crippen molar-refractivity contribution in [3.05, 3.63) is 11.5 Å². The Labute approximate surface area is 80.1 Å². The molecule has 12 heavy (non-hydrogen) atoms. The van der Waals surface area contributed by atoms with Gasteiger partial charge in [0.1, 0.15) is 5.76 Å². The molecule has 0 atom stereocenters. The smallest absolute Gasteiger partial charge is 0.114 e. The Morgan fingerprint density at radius 3 is 2.67 bits per heavy atom. The third-order valence-electron chi connectivity index (χ3n) is 1.57. The van der Waals surface area contributed by atoms with E-state index in [9.17, 15) is 0 Å². The first-order chi connectivity index (χ1) is 5.76. The normalized spacial score (nSPS) is 13.3. The first-order valence-corrected chi connectivity index (χ1v) is 4.72. The number of nitrogens with zero attached hydrogens (tertiary/aromatic N) is 1. The maximum Gasteiger partial charge on any atom is 0.114 e. The minimum absolute atomic E-state index is 0.889. The van der Waals surface area contributed by atoms with Crippen molar-refractivity contribution in [2.24, 2.45) is 4.99 Å². The molecule has 0 heterocycles. The minimum Gasteiger partial charge on any atom is -0.500 e. The van der Waals surface area contributed by atoms with Crippen LogP contribution in [-0.4, -0.2) is 19.1 Å². The molecule has 0 aromatic carbocycles. The van der Waals surface area contributed by atoms with E-state index in [-0.39, 0.29) is 0 Å². The highest BCUT2D eigenvalue weighted by Crippen LogP contribution is 2.13. The Morgan fingerprint density at radius 1 is 1.58 bits per heavy atom. The molecule has 0 unspecified atom stereocenters. The number of ether oxygens (including phenoxy) is 1. The van der Waals surface area contributed by atoms with Crippen molar-refractivity contribution in [1.82, 2.24) is 0 Å². The van der Waals surface area contributed by atoms with Gasteiger partial charge in [0.2, 0.25) is 0 Å². The maximum absolute atomic E-state index is 5.10. The largest absolute Gasteiger partial charge is 0.500 e. The monoisotopic (exact) mass is 187 g/mol. The summed E-state index contributed by atoms with van der Waals surface area (Å²) in [6, 6.07) is 0. The lowest BCUT2D eigenvalue weighted by Gasteiger charge is -2.05. The highest BCUT2D eigenvalue weighted by Gasteiger charge is 1.99. The van der Waals surface area contributed by atoms with Crippen molar-refractivity contribution in [3.63, 3.8) is 0 Å². The van der Waals surface area contributed by atoms with Gasteiger partial charge in [-0.3, -0.25) is 4.99 Å². The van der Waals surface area contributed by atoms with Gasteiger partial charge in [-0.15, -0.1) is 0 Å². The molecule has 0 spiro atoms. The molecule has 2 nitrogen and oxygen atoms in total. The summed E-state index contributed by atoms with van der Waals surface area (Å²) in [6.45, 7) is 3.84. The Balaban J connectivity index is 4.21. The topological polar surface area (TPSA) is 21.6 Å². The third kappa shape index (κ3) is 4.44. The Morgan fingerprint density at radius 2 is 2.25 bits per heavy atom. The second-order valence-corrected chi connectivity index (χ2v) is 2.87. The van der Waals surface area contributed by atoms with Crippen LogP contribution in [0.3, 0.4) is 0 Å². The van der Waals surface area contributed by atoms with E-state index >= 15 is 0 Å². The van der Waals surface area contributed by atoms with Crippen LogP contribution in [0.1, 0.15) is 26.7 Å². The van der Waals surface area contributed by atoms with Crippen LogP contribution in [0.4, 0.5) is 0 Å². The molecule has 0 rings (SSSR count). The Kier molecular flexibility index (Phi) is 6.96. The van der Waals surface area contributed by atoms with Gasteiger partial charge in [-0.25, -0.2) is 0 Å². The molecule has 0 aliphatic carbocycles. The van der Waals surface area contributed by atoms with E-state index in [0.717, 1.165) is 30.1 Å². The van der Waals surface area contributed by atoms with Crippen molar-refractivity contribution in [2.45, 2.75) is 26.7 Å². The van der Waals surface area contributed by atoms with E-state index in [0.29, 0.717) is 0 Å². The van der Waals surface area contributed by atoms with E-state index in [1.807, 2.05) is 13.8 Å². The molecule has 0 saturated heterocycles. The van der Waals surface area contributed by atoms with E-state index in [2.05, 4.69) is 17.6 Å².